The van der Waals surface area contributed by atoms with Crippen molar-refractivity contribution in [1.29, 1.82) is 0 Å². The van der Waals surface area contributed by atoms with Crippen LogP contribution in [0, 0.1) is 0 Å². The van der Waals surface area contributed by atoms with Crippen molar-refractivity contribution in [1.82, 2.24) is 0 Å². The summed E-state index contributed by atoms with van der Waals surface area (Å²) in [7, 11) is -2.77. The second-order valence-electron chi connectivity index (χ2n) is 2.44. The van der Waals surface area contributed by atoms with Gasteiger partial charge in [-0.05, 0) is 23.7 Å². The Morgan fingerprint density at radius 1 is 1.53 bits per heavy atom. The average Bonchev–Trinajstić information content (AvgIpc) is 2.17. The molecule has 0 atom stereocenters. The van der Waals surface area contributed by atoms with Gasteiger partial charge in [-0.2, -0.15) is 0 Å². The maximum Gasteiger partial charge on any atom is 0.268 e. The van der Waals surface area contributed by atoms with Gasteiger partial charge in [-0.1, -0.05) is 11.6 Å². The van der Waals surface area contributed by atoms with Gasteiger partial charge in [0.1, 0.15) is 10.6 Å². The van der Waals surface area contributed by atoms with E-state index in [9.17, 15) is 8.42 Å². The Morgan fingerprint density at radius 2 is 2.20 bits per heavy atom. The molecule has 8 heteroatoms. The molecule has 0 heterocycles. The summed E-state index contributed by atoms with van der Waals surface area (Å²) >= 11 is 5.63. The Bertz CT molecular complexity index is 522. The third kappa shape index (κ3) is 2.53. The van der Waals surface area contributed by atoms with Crippen LogP contribution >= 0.6 is 11.6 Å². The van der Waals surface area contributed by atoms with E-state index in [4.69, 9.17) is 21.9 Å². The van der Waals surface area contributed by atoms with E-state index in [2.05, 4.69) is 9.43 Å². The fraction of sp³-hybridized carbons (Fsp3) is 0.143. The lowest BCUT2D eigenvalue weighted by Gasteiger charge is -2.05. The zero-order chi connectivity index (χ0) is 11.5. The smallest absolute Gasteiger partial charge is 0.268 e. The highest BCUT2D eigenvalue weighted by Gasteiger charge is 2.18. The molecular weight excluding hydrogens is 242 g/mol. The van der Waals surface area contributed by atoms with Crippen LogP contribution in [0.2, 0.25) is 5.02 Å². The molecule has 0 aliphatic carbocycles. The minimum atomic E-state index is -4.08. The molecule has 0 bridgehead atoms. The van der Waals surface area contributed by atoms with E-state index in [1.807, 2.05) is 0 Å². The molecule has 6 nitrogen and oxygen atoms in total. The van der Waals surface area contributed by atoms with Crippen LogP contribution in [0.3, 0.4) is 0 Å². The molecule has 0 unspecified atom stereocenters. The van der Waals surface area contributed by atoms with Crippen molar-refractivity contribution < 1.29 is 13.2 Å². The summed E-state index contributed by atoms with van der Waals surface area (Å²) in [6, 6.07) is 4.00. The molecule has 0 saturated carbocycles. The highest BCUT2D eigenvalue weighted by molar-refractivity contribution is 7.90. The zero-order valence-corrected chi connectivity index (χ0v) is 9.16. The molecule has 0 saturated heterocycles. The molecule has 0 fully saturated rings. The number of benzene rings is 1. The normalized spacial score (nSPS) is 10.5. The molecule has 1 rings (SSSR count). The van der Waals surface area contributed by atoms with Crippen molar-refractivity contribution in [3.05, 3.63) is 33.7 Å². The fourth-order valence-electron chi connectivity index (χ4n) is 0.944. The van der Waals surface area contributed by atoms with E-state index in [0.29, 0.717) is 0 Å². The van der Waals surface area contributed by atoms with E-state index in [1.54, 1.807) is 0 Å². The molecule has 0 aliphatic heterocycles. The van der Waals surface area contributed by atoms with E-state index in [-0.39, 0.29) is 15.7 Å². The van der Waals surface area contributed by atoms with Crippen molar-refractivity contribution >= 4 is 21.6 Å². The van der Waals surface area contributed by atoms with E-state index >= 15 is 0 Å². The molecule has 0 aromatic heterocycles. The number of azide groups is 1. The minimum Gasteiger partial charge on any atom is -0.495 e. The summed E-state index contributed by atoms with van der Waals surface area (Å²) in [5.74, 6) is 0.0757. The Morgan fingerprint density at radius 3 is 2.73 bits per heavy atom. The number of methoxy groups -OCH3 is 1. The van der Waals surface area contributed by atoms with Crippen molar-refractivity contribution in [2.45, 2.75) is 4.90 Å². The van der Waals surface area contributed by atoms with Crippen molar-refractivity contribution in [3.8, 4) is 5.75 Å². The van der Waals surface area contributed by atoms with E-state index in [1.165, 1.54) is 19.2 Å². The number of hydrogen-bond donors (Lipinski definition) is 0. The molecule has 0 spiro atoms. The lowest BCUT2D eigenvalue weighted by molar-refractivity contribution is 0.403. The van der Waals surface area contributed by atoms with Crippen LogP contribution in [-0.4, -0.2) is 15.5 Å². The quantitative estimate of drug-likeness (QED) is 0.466. The van der Waals surface area contributed by atoms with E-state index in [0.717, 1.165) is 6.07 Å². The molecule has 15 heavy (non-hydrogen) atoms. The topological polar surface area (TPSA) is 92.1 Å². The molecule has 0 radical (unpaired) electrons. The van der Waals surface area contributed by atoms with Gasteiger partial charge in [0.05, 0.1) is 7.11 Å². The second kappa shape index (κ2) is 4.39. The maximum atomic E-state index is 11.4. The monoisotopic (exact) mass is 247 g/mol. The second-order valence-corrected chi connectivity index (χ2v) is 4.43. The first kappa shape index (κ1) is 11.6. The largest absolute Gasteiger partial charge is 0.495 e. The first-order chi connectivity index (χ1) is 7.01. The predicted octanol–water partition coefficient (Wildman–Crippen LogP) is 2.35. The van der Waals surface area contributed by atoms with Gasteiger partial charge in [0.2, 0.25) is 0 Å². The number of halogens is 1. The lowest BCUT2D eigenvalue weighted by Crippen LogP contribution is -1.99. The summed E-state index contributed by atoms with van der Waals surface area (Å²) in [5, 5.41) is 0.211. The summed E-state index contributed by atoms with van der Waals surface area (Å²) in [6.45, 7) is 0. The number of sulfonamides is 1. The van der Waals surface area contributed by atoms with Crippen LogP contribution < -0.4 is 4.74 Å². The van der Waals surface area contributed by atoms with Gasteiger partial charge < -0.3 is 4.74 Å². The molecule has 0 aliphatic rings. The molecular formula is C7H6ClN3O3S. The van der Waals surface area contributed by atoms with Crippen molar-refractivity contribution in [2.24, 2.45) is 4.52 Å². The Labute approximate surface area is 91.1 Å². The van der Waals surface area contributed by atoms with Crippen LogP contribution in [0.1, 0.15) is 0 Å². The number of rotatable bonds is 3. The summed E-state index contributed by atoms with van der Waals surface area (Å²) in [6.07, 6.45) is 0. The first-order valence-corrected chi connectivity index (χ1v) is 5.48. The predicted molar refractivity (Wildman–Crippen MR) is 54.3 cm³/mol. The SMILES string of the molecule is COc1ccc(Cl)cc1S(=O)(=O)N=[N+]=[N-]. The third-order valence-corrected chi connectivity index (χ3v) is 2.95. The Hall–Kier alpha value is -1.43. The van der Waals surface area contributed by atoms with Gasteiger partial charge in [0.15, 0.2) is 0 Å². The molecule has 1 aromatic rings. The summed E-state index contributed by atoms with van der Waals surface area (Å²) < 4.78 is 30.3. The first-order valence-electron chi connectivity index (χ1n) is 3.66. The average molecular weight is 248 g/mol. The molecule has 0 amide bonds. The molecule has 0 N–H and O–H groups in total. The van der Waals surface area contributed by atoms with Gasteiger partial charge in [-0.15, -0.1) is 0 Å². The van der Waals surface area contributed by atoms with Crippen LogP contribution in [0.25, 0.3) is 10.4 Å². The van der Waals surface area contributed by atoms with Crippen molar-refractivity contribution in [2.75, 3.05) is 7.11 Å². The van der Waals surface area contributed by atoms with E-state index < -0.39 is 10.0 Å². The van der Waals surface area contributed by atoms with Gasteiger partial charge in [0, 0.05) is 14.5 Å². The standard InChI is InChI=1S/C7H6ClN3O3S/c1-14-6-3-2-5(8)4-7(6)15(12,13)11-10-9/h2-4H,1H3. The highest BCUT2D eigenvalue weighted by atomic mass is 35.5. The maximum absolute atomic E-state index is 11.4. The van der Waals surface area contributed by atoms with Crippen LogP contribution in [0.4, 0.5) is 0 Å². The lowest BCUT2D eigenvalue weighted by atomic mass is 10.3. The van der Waals surface area contributed by atoms with Crippen molar-refractivity contribution in [3.63, 3.8) is 0 Å². The summed E-state index contributed by atoms with van der Waals surface area (Å²) in [4.78, 5) is 1.97. The Balaban J connectivity index is 3.48. The van der Waals surface area contributed by atoms with Gasteiger partial charge in [-0.3, -0.25) is 0 Å². The zero-order valence-electron chi connectivity index (χ0n) is 7.58. The minimum absolute atomic E-state index is 0.0757. The van der Waals surface area contributed by atoms with Gasteiger partial charge in [-0.25, -0.2) is 8.42 Å². The fourth-order valence-corrected chi connectivity index (χ4v) is 2.05. The molecule has 1 aromatic carbocycles. The molecule has 80 valence electrons. The van der Waals surface area contributed by atoms with Gasteiger partial charge >= 0.3 is 0 Å². The number of hydrogen-bond acceptors (Lipinski definition) is 3. The van der Waals surface area contributed by atoms with Crippen LogP contribution in [0.15, 0.2) is 27.6 Å². The number of nitrogens with zero attached hydrogens (tertiary/aromatic N) is 3. The van der Waals surface area contributed by atoms with Gasteiger partial charge in [0.25, 0.3) is 10.0 Å². The highest BCUT2D eigenvalue weighted by Crippen LogP contribution is 2.28. The van der Waals surface area contributed by atoms with Crippen LogP contribution in [-0.2, 0) is 10.0 Å². The Kier molecular flexibility index (Phi) is 3.41. The van der Waals surface area contributed by atoms with Crippen LogP contribution in [0.5, 0.6) is 5.75 Å². The summed E-state index contributed by atoms with van der Waals surface area (Å²) in [5.41, 5.74) is 8.10. The third-order valence-electron chi connectivity index (χ3n) is 1.55. The number of ether oxygens (including phenoxy) is 1.